The molecular formula is C19H16F6N2O4. The molecule has 0 saturated heterocycles. The van der Waals surface area contributed by atoms with E-state index in [-0.39, 0.29) is 5.56 Å². The molecule has 0 unspecified atom stereocenters. The number of hydrogen-bond donors (Lipinski definition) is 2. The number of halogens is 6. The molecule has 1 atom stereocenters. The van der Waals surface area contributed by atoms with Crippen molar-refractivity contribution in [3.05, 3.63) is 59.7 Å². The van der Waals surface area contributed by atoms with Gasteiger partial charge in [0.05, 0.1) is 7.11 Å². The van der Waals surface area contributed by atoms with Gasteiger partial charge in [0.2, 0.25) is 0 Å². The van der Waals surface area contributed by atoms with Gasteiger partial charge < -0.3 is 20.1 Å². The van der Waals surface area contributed by atoms with Gasteiger partial charge in [-0.3, -0.25) is 4.79 Å². The number of amides is 1. The van der Waals surface area contributed by atoms with Gasteiger partial charge in [0, 0.05) is 11.3 Å². The third-order valence-electron chi connectivity index (χ3n) is 3.92. The molecule has 0 spiro atoms. The summed E-state index contributed by atoms with van der Waals surface area (Å²) in [4.78, 5) is 24.7. The molecule has 1 amide bonds. The highest BCUT2D eigenvalue weighted by Gasteiger charge is 2.63. The van der Waals surface area contributed by atoms with Crippen LogP contribution < -0.4 is 15.4 Å². The van der Waals surface area contributed by atoms with Crippen molar-refractivity contribution >= 4 is 17.6 Å². The Morgan fingerprint density at radius 1 is 0.935 bits per heavy atom. The predicted molar refractivity (Wildman–Crippen MR) is 96.2 cm³/mol. The number of anilines is 1. The first kappa shape index (κ1) is 23.8. The Kier molecular flexibility index (Phi) is 6.72. The van der Waals surface area contributed by atoms with Gasteiger partial charge in [-0.25, -0.2) is 4.79 Å². The summed E-state index contributed by atoms with van der Waals surface area (Å²) in [6.07, 6.45) is -10.4. The zero-order valence-corrected chi connectivity index (χ0v) is 16.0. The molecule has 168 valence electrons. The minimum Gasteiger partial charge on any atom is -0.466 e. The van der Waals surface area contributed by atoms with Crippen molar-refractivity contribution in [2.24, 2.45) is 0 Å². The number of carbonyl (C=O) groups is 2. The molecule has 12 heteroatoms. The van der Waals surface area contributed by atoms with Gasteiger partial charge >= 0.3 is 24.2 Å². The number of aryl methyl sites for hydroxylation is 1. The highest BCUT2D eigenvalue weighted by molar-refractivity contribution is 5.99. The summed E-state index contributed by atoms with van der Waals surface area (Å²) in [5.74, 6) is -3.83. The second-order valence-corrected chi connectivity index (χ2v) is 6.26. The SMILES string of the molecule is COC(=O)[C@@](NC(=O)c1cccc(C)c1)(Nc1ccc(OC(F)(F)F)cc1)C(F)(F)F. The lowest BCUT2D eigenvalue weighted by Gasteiger charge is -2.35. The molecule has 0 fully saturated rings. The summed E-state index contributed by atoms with van der Waals surface area (Å²) in [6, 6.07) is 8.67. The first-order valence-electron chi connectivity index (χ1n) is 8.46. The number of methoxy groups -OCH3 is 1. The first-order chi connectivity index (χ1) is 14.3. The number of rotatable bonds is 6. The Hall–Kier alpha value is -3.44. The van der Waals surface area contributed by atoms with Gasteiger partial charge in [-0.05, 0) is 43.3 Å². The van der Waals surface area contributed by atoms with Gasteiger partial charge in [-0.1, -0.05) is 17.7 Å². The molecule has 2 aromatic rings. The maximum absolute atomic E-state index is 14.0. The van der Waals surface area contributed by atoms with E-state index in [1.807, 2.05) is 5.32 Å². The Morgan fingerprint density at radius 2 is 1.55 bits per heavy atom. The average Bonchev–Trinajstić information content (AvgIpc) is 2.66. The summed E-state index contributed by atoms with van der Waals surface area (Å²) in [5, 5.41) is 3.43. The smallest absolute Gasteiger partial charge is 0.466 e. The number of benzene rings is 2. The van der Waals surface area contributed by atoms with Gasteiger partial charge in [0.15, 0.2) is 0 Å². The Balaban J connectivity index is 2.42. The zero-order valence-electron chi connectivity index (χ0n) is 16.0. The molecule has 0 saturated carbocycles. The highest BCUT2D eigenvalue weighted by atomic mass is 19.4. The van der Waals surface area contributed by atoms with E-state index >= 15 is 0 Å². The second-order valence-electron chi connectivity index (χ2n) is 6.26. The number of esters is 1. The molecule has 0 aromatic heterocycles. The minimum atomic E-state index is -5.40. The van der Waals surface area contributed by atoms with E-state index in [9.17, 15) is 35.9 Å². The standard InChI is InChI=1S/C19H16F6N2O4/c1-11-4-3-5-12(10-11)15(28)27-17(16(29)30-2,18(20,21)22)26-13-6-8-14(9-7-13)31-19(23,24)25/h3-10,26H,1-2H3,(H,27,28)/t17-/m0/s1. The fourth-order valence-electron chi connectivity index (χ4n) is 2.53. The molecule has 0 aliphatic carbocycles. The lowest BCUT2D eigenvalue weighted by atomic mass is 10.1. The Labute approximate surface area is 172 Å². The molecule has 2 aromatic carbocycles. The van der Waals surface area contributed by atoms with Crippen molar-refractivity contribution in [1.82, 2.24) is 5.32 Å². The van der Waals surface area contributed by atoms with E-state index in [1.165, 1.54) is 18.2 Å². The number of nitrogens with one attached hydrogen (secondary N) is 2. The minimum absolute atomic E-state index is 0.159. The van der Waals surface area contributed by atoms with Crippen molar-refractivity contribution in [3.8, 4) is 5.75 Å². The maximum Gasteiger partial charge on any atom is 0.573 e. The third-order valence-corrected chi connectivity index (χ3v) is 3.92. The van der Waals surface area contributed by atoms with Crippen molar-refractivity contribution in [3.63, 3.8) is 0 Å². The summed E-state index contributed by atoms with van der Waals surface area (Å²) in [6.45, 7) is 1.61. The normalized spacial score (nSPS) is 13.7. The van der Waals surface area contributed by atoms with Crippen molar-refractivity contribution in [2.45, 2.75) is 25.1 Å². The van der Waals surface area contributed by atoms with Crippen LogP contribution in [0.15, 0.2) is 48.5 Å². The monoisotopic (exact) mass is 450 g/mol. The topological polar surface area (TPSA) is 76.7 Å². The van der Waals surface area contributed by atoms with Crippen LogP contribution in [0, 0.1) is 6.92 Å². The maximum atomic E-state index is 14.0. The zero-order chi connectivity index (χ0) is 23.4. The van der Waals surface area contributed by atoms with Gasteiger partial charge in [0.25, 0.3) is 5.91 Å². The van der Waals surface area contributed by atoms with Crippen molar-refractivity contribution in [2.75, 3.05) is 12.4 Å². The molecule has 2 rings (SSSR count). The Bertz CT molecular complexity index is 944. The van der Waals surface area contributed by atoms with E-state index in [0.29, 0.717) is 12.7 Å². The van der Waals surface area contributed by atoms with Crippen LogP contribution in [0.3, 0.4) is 0 Å². The predicted octanol–water partition coefficient (Wildman–Crippen LogP) is 4.17. The Morgan fingerprint density at radius 3 is 2.03 bits per heavy atom. The van der Waals surface area contributed by atoms with Crippen LogP contribution in [0.5, 0.6) is 5.75 Å². The molecular weight excluding hydrogens is 434 g/mol. The largest absolute Gasteiger partial charge is 0.573 e. The average molecular weight is 450 g/mol. The molecule has 0 radical (unpaired) electrons. The van der Waals surface area contributed by atoms with Gasteiger partial charge in [-0.15, -0.1) is 13.2 Å². The molecule has 0 heterocycles. The molecule has 0 aliphatic heterocycles. The summed E-state index contributed by atoms with van der Waals surface area (Å²) >= 11 is 0. The highest BCUT2D eigenvalue weighted by Crippen LogP contribution is 2.34. The summed E-state index contributed by atoms with van der Waals surface area (Å²) in [5.41, 5.74) is -3.75. The molecule has 2 N–H and O–H groups in total. The fourth-order valence-corrected chi connectivity index (χ4v) is 2.53. The quantitative estimate of drug-likeness (QED) is 0.393. The first-order valence-corrected chi connectivity index (χ1v) is 8.46. The molecule has 0 aliphatic rings. The fraction of sp³-hybridized carbons (Fsp3) is 0.263. The van der Waals surface area contributed by atoms with E-state index in [0.717, 1.165) is 24.3 Å². The van der Waals surface area contributed by atoms with Crippen LogP contribution in [0.25, 0.3) is 0 Å². The molecule has 31 heavy (non-hydrogen) atoms. The number of hydrogen-bond acceptors (Lipinski definition) is 5. The number of carbonyl (C=O) groups excluding carboxylic acids is 2. The lowest BCUT2D eigenvalue weighted by Crippen LogP contribution is -2.69. The van der Waals surface area contributed by atoms with E-state index in [1.54, 1.807) is 18.3 Å². The van der Waals surface area contributed by atoms with Crippen LogP contribution in [-0.4, -0.2) is 37.2 Å². The van der Waals surface area contributed by atoms with Crippen molar-refractivity contribution < 1.29 is 45.4 Å². The number of alkyl halides is 6. The van der Waals surface area contributed by atoms with Crippen LogP contribution >= 0.6 is 0 Å². The molecule has 0 bridgehead atoms. The van der Waals surface area contributed by atoms with Gasteiger partial charge in [0.1, 0.15) is 5.75 Å². The number of ether oxygens (including phenoxy) is 2. The van der Waals surface area contributed by atoms with Gasteiger partial charge in [-0.2, -0.15) is 13.2 Å². The summed E-state index contributed by atoms with van der Waals surface area (Å²) in [7, 11) is 0.684. The van der Waals surface area contributed by atoms with Crippen LogP contribution in [-0.2, 0) is 9.53 Å². The van der Waals surface area contributed by atoms with Crippen LogP contribution in [0.2, 0.25) is 0 Å². The van der Waals surface area contributed by atoms with E-state index in [2.05, 4.69) is 9.47 Å². The van der Waals surface area contributed by atoms with E-state index in [4.69, 9.17) is 0 Å². The second kappa shape index (κ2) is 8.74. The van der Waals surface area contributed by atoms with E-state index < -0.39 is 41.5 Å². The molecule has 6 nitrogen and oxygen atoms in total. The third kappa shape index (κ3) is 5.80. The van der Waals surface area contributed by atoms with Crippen LogP contribution in [0.1, 0.15) is 15.9 Å². The lowest BCUT2D eigenvalue weighted by molar-refractivity contribution is -0.274. The van der Waals surface area contributed by atoms with Crippen molar-refractivity contribution in [1.29, 1.82) is 0 Å². The summed E-state index contributed by atoms with van der Waals surface area (Å²) < 4.78 is 86.7. The van der Waals surface area contributed by atoms with Crippen LogP contribution in [0.4, 0.5) is 32.0 Å².